The fourth-order valence-corrected chi connectivity index (χ4v) is 3.33. The van der Waals surface area contributed by atoms with Gasteiger partial charge in [0.1, 0.15) is 17.7 Å². The van der Waals surface area contributed by atoms with E-state index in [1.54, 1.807) is 18.2 Å². The third-order valence-electron chi connectivity index (χ3n) is 3.71. The minimum Gasteiger partial charge on any atom is -0.497 e. The summed E-state index contributed by atoms with van der Waals surface area (Å²) in [4.78, 5) is 12.6. The second-order valence-corrected chi connectivity index (χ2v) is 9.36. The Morgan fingerprint density at radius 3 is 2.30 bits per heavy atom. The lowest BCUT2D eigenvalue weighted by atomic mass is 10.2. The third-order valence-corrected chi connectivity index (χ3v) is 5.13. The molecule has 162 valence electrons. The van der Waals surface area contributed by atoms with Gasteiger partial charge in [0.05, 0.1) is 30.5 Å². The highest BCUT2D eigenvalue weighted by molar-refractivity contribution is 7.80. The zero-order valence-corrected chi connectivity index (χ0v) is 20.2. The van der Waals surface area contributed by atoms with E-state index >= 15 is 0 Å². The molecule has 0 fully saturated rings. The Balaban J connectivity index is 2.17. The number of nitrogens with one attached hydrogen (secondary N) is 3. The molecule has 3 N–H and O–H groups in total. The fraction of sp³-hybridized carbons (Fsp3) is 0.222. The van der Waals surface area contributed by atoms with Gasteiger partial charge in [-0.2, -0.15) is 0 Å². The highest BCUT2D eigenvalue weighted by Gasteiger charge is 2.35. The summed E-state index contributed by atoms with van der Waals surface area (Å²) in [5, 5.41) is 8.79. The molecule has 0 aliphatic carbocycles. The summed E-state index contributed by atoms with van der Waals surface area (Å²) >= 11 is 35.3. The average Bonchev–Trinajstić information content (AvgIpc) is 2.66. The van der Waals surface area contributed by atoms with Crippen LogP contribution in [0.2, 0.25) is 10.0 Å². The van der Waals surface area contributed by atoms with E-state index in [1.165, 1.54) is 32.4 Å². The van der Waals surface area contributed by atoms with Crippen molar-refractivity contribution in [1.29, 1.82) is 0 Å². The molecule has 0 aliphatic rings. The molecule has 0 saturated heterocycles. The van der Waals surface area contributed by atoms with Gasteiger partial charge >= 0.3 is 0 Å². The molecule has 30 heavy (non-hydrogen) atoms. The van der Waals surface area contributed by atoms with Crippen LogP contribution < -0.4 is 25.4 Å². The number of halogens is 5. The van der Waals surface area contributed by atoms with Crippen LogP contribution in [0.3, 0.4) is 0 Å². The van der Waals surface area contributed by atoms with Gasteiger partial charge in [0.15, 0.2) is 5.11 Å². The van der Waals surface area contributed by atoms with Crippen LogP contribution in [-0.2, 0) is 0 Å². The van der Waals surface area contributed by atoms with Crippen LogP contribution in [0.15, 0.2) is 36.4 Å². The van der Waals surface area contributed by atoms with Crippen LogP contribution in [0.5, 0.6) is 11.5 Å². The standard InChI is InChI=1S/C18H16Cl5N3O3S/c1-28-10-4-6-14(29-2)13(8-10)24-17(30)26-16(18(21,22)23)25-15(27)11-5-3-9(19)7-12(11)20/h3-8,16H,1-2H3,(H,25,27)(H2,24,26,30)/t16-/m1/s1. The maximum absolute atomic E-state index is 12.6. The van der Waals surface area contributed by atoms with Crippen LogP contribution in [0.25, 0.3) is 0 Å². The number of anilines is 1. The van der Waals surface area contributed by atoms with Gasteiger partial charge < -0.3 is 25.4 Å². The summed E-state index contributed by atoms with van der Waals surface area (Å²) in [7, 11) is 3.03. The number of thiocarbonyl (C=S) groups is 1. The number of hydrogen-bond acceptors (Lipinski definition) is 4. The van der Waals surface area contributed by atoms with E-state index in [9.17, 15) is 4.79 Å². The van der Waals surface area contributed by atoms with Crippen LogP contribution >= 0.6 is 70.2 Å². The van der Waals surface area contributed by atoms with Crippen molar-refractivity contribution >= 4 is 86.9 Å². The highest BCUT2D eigenvalue weighted by atomic mass is 35.6. The summed E-state index contributed by atoms with van der Waals surface area (Å²) in [6, 6.07) is 9.48. The Morgan fingerprint density at radius 2 is 1.73 bits per heavy atom. The lowest BCUT2D eigenvalue weighted by molar-refractivity contribution is 0.0934. The maximum atomic E-state index is 12.6. The molecule has 0 bridgehead atoms. The van der Waals surface area contributed by atoms with Crippen molar-refractivity contribution < 1.29 is 14.3 Å². The van der Waals surface area contributed by atoms with Gasteiger partial charge in [-0.25, -0.2) is 0 Å². The normalized spacial score (nSPS) is 12.0. The quantitative estimate of drug-likeness (QED) is 0.263. The lowest BCUT2D eigenvalue weighted by Gasteiger charge is -2.28. The monoisotopic (exact) mass is 529 g/mol. The first-order chi connectivity index (χ1) is 14.0. The van der Waals surface area contributed by atoms with Crippen molar-refractivity contribution in [3.63, 3.8) is 0 Å². The Morgan fingerprint density at radius 1 is 1.03 bits per heavy atom. The smallest absolute Gasteiger partial charge is 0.254 e. The molecular formula is C18H16Cl5N3O3S. The maximum Gasteiger partial charge on any atom is 0.254 e. The molecule has 0 spiro atoms. The van der Waals surface area contributed by atoms with Crippen LogP contribution in [-0.4, -0.2) is 35.2 Å². The van der Waals surface area contributed by atoms with Crippen molar-refractivity contribution in [1.82, 2.24) is 10.6 Å². The largest absolute Gasteiger partial charge is 0.497 e. The average molecular weight is 532 g/mol. The zero-order chi connectivity index (χ0) is 22.5. The summed E-state index contributed by atoms with van der Waals surface area (Å²) in [5.74, 6) is 0.481. The van der Waals surface area contributed by atoms with Crippen LogP contribution in [0.4, 0.5) is 5.69 Å². The van der Waals surface area contributed by atoms with Gasteiger partial charge in [-0.3, -0.25) is 4.79 Å². The van der Waals surface area contributed by atoms with Crippen LogP contribution in [0, 0.1) is 0 Å². The van der Waals surface area contributed by atoms with Crippen molar-refractivity contribution in [3.05, 3.63) is 52.0 Å². The van der Waals surface area contributed by atoms with Crippen molar-refractivity contribution in [2.24, 2.45) is 0 Å². The number of ether oxygens (including phenoxy) is 2. The molecule has 2 aromatic carbocycles. The number of hydrogen-bond donors (Lipinski definition) is 3. The van der Waals surface area contributed by atoms with Crippen molar-refractivity contribution in [2.45, 2.75) is 9.96 Å². The van der Waals surface area contributed by atoms with E-state index in [0.717, 1.165) is 0 Å². The molecule has 0 saturated carbocycles. The number of rotatable bonds is 6. The molecule has 0 aliphatic heterocycles. The van der Waals surface area contributed by atoms with E-state index < -0.39 is 15.9 Å². The summed E-state index contributed by atoms with van der Waals surface area (Å²) in [6.45, 7) is 0. The van der Waals surface area contributed by atoms with Gasteiger partial charge in [-0.1, -0.05) is 58.0 Å². The van der Waals surface area contributed by atoms with E-state index in [0.29, 0.717) is 22.2 Å². The molecule has 0 heterocycles. The molecule has 1 amide bonds. The summed E-state index contributed by atoms with van der Waals surface area (Å²) in [5.41, 5.74) is 0.653. The first kappa shape index (κ1) is 24.9. The van der Waals surface area contributed by atoms with Crippen LogP contribution in [0.1, 0.15) is 10.4 Å². The second-order valence-electron chi connectivity index (χ2n) is 5.74. The minimum atomic E-state index is -1.95. The van der Waals surface area contributed by atoms with E-state index in [4.69, 9.17) is 79.7 Å². The molecule has 2 aromatic rings. The summed E-state index contributed by atoms with van der Waals surface area (Å²) < 4.78 is 8.53. The van der Waals surface area contributed by atoms with Crippen molar-refractivity contribution in [3.8, 4) is 11.5 Å². The molecule has 0 aromatic heterocycles. The number of amides is 1. The Labute approximate surface area is 204 Å². The number of carbonyl (C=O) groups excluding carboxylic acids is 1. The molecule has 2 rings (SSSR count). The van der Waals surface area contributed by atoms with Gasteiger partial charge in [-0.15, -0.1) is 0 Å². The number of carbonyl (C=O) groups is 1. The second kappa shape index (κ2) is 10.8. The zero-order valence-electron chi connectivity index (χ0n) is 15.6. The molecule has 1 atom stereocenters. The lowest BCUT2D eigenvalue weighted by Crippen LogP contribution is -2.56. The first-order valence-electron chi connectivity index (χ1n) is 8.17. The Kier molecular flexibility index (Phi) is 8.97. The highest BCUT2D eigenvalue weighted by Crippen LogP contribution is 2.31. The van der Waals surface area contributed by atoms with Gasteiger partial charge in [-0.05, 0) is 42.5 Å². The minimum absolute atomic E-state index is 0.0559. The summed E-state index contributed by atoms with van der Waals surface area (Å²) in [6.07, 6.45) is -1.20. The number of alkyl halides is 3. The topological polar surface area (TPSA) is 71.6 Å². The first-order valence-corrected chi connectivity index (χ1v) is 10.5. The van der Waals surface area contributed by atoms with E-state index in [1.807, 2.05) is 0 Å². The predicted octanol–water partition coefficient (Wildman–Crippen LogP) is 5.42. The van der Waals surface area contributed by atoms with Gasteiger partial charge in [0.25, 0.3) is 5.91 Å². The van der Waals surface area contributed by atoms with E-state index in [2.05, 4.69) is 16.0 Å². The molecule has 6 nitrogen and oxygen atoms in total. The number of methoxy groups -OCH3 is 2. The molecular weight excluding hydrogens is 516 g/mol. The Bertz CT molecular complexity index is 940. The third kappa shape index (κ3) is 6.83. The fourth-order valence-electron chi connectivity index (χ4n) is 2.28. The van der Waals surface area contributed by atoms with Gasteiger partial charge in [0, 0.05) is 11.1 Å². The SMILES string of the molecule is COc1ccc(OC)c(NC(=S)N[C@@H](NC(=O)c2ccc(Cl)cc2Cl)C(Cl)(Cl)Cl)c1. The van der Waals surface area contributed by atoms with Gasteiger partial charge in [0.2, 0.25) is 3.79 Å². The Hall–Kier alpha value is -1.35. The van der Waals surface area contributed by atoms with Crippen molar-refractivity contribution in [2.75, 3.05) is 19.5 Å². The molecule has 12 heteroatoms. The predicted molar refractivity (Wildman–Crippen MR) is 127 cm³/mol. The van der Waals surface area contributed by atoms with E-state index in [-0.39, 0.29) is 15.7 Å². The molecule has 0 radical (unpaired) electrons. The molecule has 0 unspecified atom stereocenters. The number of benzene rings is 2.